The quantitative estimate of drug-likeness (QED) is 0.675. The minimum Gasteiger partial charge on any atom is -0.349 e. The van der Waals surface area contributed by atoms with Gasteiger partial charge >= 0.3 is 0 Å². The van der Waals surface area contributed by atoms with Gasteiger partial charge in [0.25, 0.3) is 22.4 Å². The van der Waals surface area contributed by atoms with Crippen LogP contribution in [0, 0.1) is 13.8 Å². The molecule has 2 aromatic carbocycles. The van der Waals surface area contributed by atoms with E-state index in [2.05, 4.69) is 10.0 Å². The van der Waals surface area contributed by atoms with Crippen LogP contribution >= 0.6 is 0 Å². The normalized spacial score (nSPS) is 15.8. The predicted octanol–water partition coefficient (Wildman–Crippen LogP) is 3.56. The van der Waals surface area contributed by atoms with Gasteiger partial charge in [-0.1, -0.05) is 24.3 Å². The molecule has 1 saturated heterocycles. The molecule has 1 amide bonds. The number of nitrogens with one attached hydrogen (secondary N) is 2. The van der Waals surface area contributed by atoms with Gasteiger partial charge in [0.05, 0.1) is 22.7 Å². The lowest BCUT2D eigenvalue weighted by atomic mass is 10.0. The third-order valence-electron chi connectivity index (χ3n) is 5.37. The standard InChI is InChI=1S/C22H27F2N3O3S/c1-15-7-8-16(2)20(13-15)31(29,30)26-19-6-4-3-5-18(19)22(28)25-17-9-11-27(12-10-17)14-21(23)24/h3-8,13,17,21,26H,9-12,14H2,1-2H3,(H,25,28). The van der Waals surface area contributed by atoms with Gasteiger partial charge in [-0.05, 0) is 56.0 Å². The fourth-order valence-electron chi connectivity index (χ4n) is 3.68. The van der Waals surface area contributed by atoms with Crippen molar-refractivity contribution in [2.45, 2.75) is 44.1 Å². The van der Waals surface area contributed by atoms with Crippen LogP contribution in [0.5, 0.6) is 0 Å². The molecule has 0 saturated carbocycles. The summed E-state index contributed by atoms with van der Waals surface area (Å²) < 4.78 is 53.5. The minimum atomic E-state index is -3.88. The van der Waals surface area contributed by atoms with E-state index in [4.69, 9.17) is 0 Å². The molecule has 3 rings (SSSR count). The number of anilines is 1. The van der Waals surface area contributed by atoms with E-state index in [0.29, 0.717) is 31.5 Å². The molecule has 0 aromatic heterocycles. The zero-order chi connectivity index (χ0) is 22.6. The van der Waals surface area contributed by atoms with E-state index in [-0.39, 0.29) is 28.7 Å². The summed E-state index contributed by atoms with van der Waals surface area (Å²) >= 11 is 0. The summed E-state index contributed by atoms with van der Waals surface area (Å²) in [6.45, 7) is 4.23. The Labute approximate surface area is 181 Å². The first-order valence-corrected chi connectivity index (χ1v) is 11.6. The van der Waals surface area contributed by atoms with Gasteiger partial charge in [-0.2, -0.15) is 0 Å². The summed E-state index contributed by atoms with van der Waals surface area (Å²) in [4.78, 5) is 14.7. The Bertz CT molecular complexity index is 1040. The maximum Gasteiger partial charge on any atom is 0.262 e. The van der Waals surface area contributed by atoms with Crippen molar-refractivity contribution >= 4 is 21.6 Å². The summed E-state index contributed by atoms with van der Waals surface area (Å²) in [5, 5.41) is 2.91. The number of hydrogen-bond acceptors (Lipinski definition) is 4. The predicted molar refractivity (Wildman–Crippen MR) is 116 cm³/mol. The van der Waals surface area contributed by atoms with Crippen LogP contribution in [0.15, 0.2) is 47.4 Å². The van der Waals surface area contributed by atoms with E-state index in [1.54, 1.807) is 48.2 Å². The first kappa shape index (κ1) is 23.1. The minimum absolute atomic E-state index is 0.148. The van der Waals surface area contributed by atoms with Crippen LogP contribution in [0.1, 0.15) is 34.3 Å². The van der Waals surface area contributed by atoms with Crippen molar-refractivity contribution in [3.63, 3.8) is 0 Å². The highest BCUT2D eigenvalue weighted by molar-refractivity contribution is 7.92. The number of aryl methyl sites for hydroxylation is 2. The SMILES string of the molecule is Cc1ccc(C)c(S(=O)(=O)Nc2ccccc2C(=O)NC2CCN(CC(F)F)CC2)c1. The molecule has 0 spiro atoms. The van der Waals surface area contributed by atoms with Crippen LogP contribution in [0.4, 0.5) is 14.5 Å². The van der Waals surface area contributed by atoms with Crippen molar-refractivity contribution in [1.29, 1.82) is 0 Å². The number of nitrogens with zero attached hydrogens (tertiary/aromatic N) is 1. The van der Waals surface area contributed by atoms with Crippen LogP contribution < -0.4 is 10.0 Å². The number of rotatable bonds is 7. The number of carbonyl (C=O) groups is 1. The fraction of sp³-hybridized carbons (Fsp3) is 0.409. The second kappa shape index (κ2) is 9.74. The Morgan fingerprint density at radius 1 is 1.13 bits per heavy atom. The number of amides is 1. The average Bonchev–Trinajstić information content (AvgIpc) is 2.71. The largest absolute Gasteiger partial charge is 0.349 e. The molecule has 9 heteroatoms. The molecule has 31 heavy (non-hydrogen) atoms. The molecule has 2 N–H and O–H groups in total. The summed E-state index contributed by atoms with van der Waals surface area (Å²) in [5.74, 6) is -0.397. The van der Waals surface area contributed by atoms with E-state index < -0.39 is 22.4 Å². The van der Waals surface area contributed by atoms with Gasteiger partial charge in [-0.25, -0.2) is 17.2 Å². The zero-order valence-electron chi connectivity index (χ0n) is 17.6. The van der Waals surface area contributed by atoms with Crippen molar-refractivity contribution in [3.8, 4) is 0 Å². The van der Waals surface area contributed by atoms with E-state index in [9.17, 15) is 22.0 Å². The molecule has 1 aliphatic heterocycles. The second-order valence-electron chi connectivity index (χ2n) is 7.86. The van der Waals surface area contributed by atoms with Gasteiger partial charge in [0.15, 0.2) is 0 Å². The van der Waals surface area contributed by atoms with Crippen molar-refractivity contribution in [2.75, 3.05) is 24.4 Å². The van der Waals surface area contributed by atoms with E-state index >= 15 is 0 Å². The van der Waals surface area contributed by atoms with Gasteiger partial charge in [-0.3, -0.25) is 14.4 Å². The fourth-order valence-corrected chi connectivity index (χ4v) is 5.10. The lowest BCUT2D eigenvalue weighted by Crippen LogP contribution is -2.45. The number of carbonyl (C=O) groups excluding carboxylic acids is 1. The molecule has 2 aromatic rings. The van der Waals surface area contributed by atoms with Crippen molar-refractivity contribution < 1.29 is 22.0 Å². The molecule has 6 nitrogen and oxygen atoms in total. The van der Waals surface area contributed by atoms with Crippen molar-refractivity contribution in [2.24, 2.45) is 0 Å². The molecule has 0 aliphatic carbocycles. The number of para-hydroxylation sites is 1. The highest BCUT2D eigenvalue weighted by Crippen LogP contribution is 2.23. The Balaban J connectivity index is 1.72. The van der Waals surface area contributed by atoms with Gasteiger partial charge in [0, 0.05) is 19.1 Å². The van der Waals surface area contributed by atoms with Gasteiger partial charge in [0.2, 0.25) is 0 Å². The van der Waals surface area contributed by atoms with Crippen LogP contribution in [-0.4, -0.2) is 51.3 Å². The maximum atomic E-state index is 13.0. The Hall–Kier alpha value is -2.52. The molecule has 0 bridgehead atoms. The molecule has 168 valence electrons. The monoisotopic (exact) mass is 451 g/mol. The molecule has 0 radical (unpaired) electrons. The first-order valence-electron chi connectivity index (χ1n) is 10.2. The van der Waals surface area contributed by atoms with Crippen LogP contribution in [0.2, 0.25) is 0 Å². The molecular weight excluding hydrogens is 424 g/mol. The number of hydrogen-bond donors (Lipinski definition) is 2. The zero-order valence-corrected chi connectivity index (χ0v) is 18.4. The van der Waals surface area contributed by atoms with Gasteiger partial charge < -0.3 is 5.32 Å². The lowest BCUT2D eigenvalue weighted by molar-refractivity contribution is 0.0696. The third-order valence-corrected chi connectivity index (χ3v) is 6.88. The number of alkyl halides is 2. The van der Waals surface area contributed by atoms with E-state index in [1.165, 1.54) is 0 Å². The molecule has 1 fully saturated rings. The van der Waals surface area contributed by atoms with Crippen LogP contribution in [0.3, 0.4) is 0 Å². The molecular formula is C22H27F2N3O3S. The lowest BCUT2D eigenvalue weighted by Gasteiger charge is -2.32. The first-order chi connectivity index (χ1) is 14.7. The smallest absolute Gasteiger partial charge is 0.262 e. The maximum absolute atomic E-state index is 13.0. The second-order valence-corrected chi connectivity index (χ2v) is 9.51. The van der Waals surface area contributed by atoms with E-state index in [0.717, 1.165) is 5.56 Å². The topological polar surface area (TPSA) is 78.5 Å². The van der Waals surface area contributed by atoms with Crippen LogP contribution in [-0.2, 0) is 10.0 Å². The summed E-state index contributed by atoms with van der Waals surface area (Å²) in [7, 11) is -3.88. The number of sulfonamides is 1. The molecule has 0 unspecified atom stereocenters. The number of piperidine rings is 1. The summed E-state index contributed by atoms with van der Waals surface area (Å²) in [5.41, 5.74) is 1.83. The highest BCUT2D eigenvalue weighted by atomic mass is 32.2. The van der Waals surface area contributed by atoms with Crippen LogP contribution in [0.25, 0.3) is 0 Å². The number of likely N-dealkylation sites (tertiary alicyclic amines) is 1. The third kappa shape index (κ3) is 6.01. The van der Waals surface area contributed by atoms with E-state index in [1.807, 2.05) is 13.0 Å². The van der Waals surface area contributed by atoms with Crippen molar-refractivity contribution in [1.82, 2.24) is 10.2 Å². The average molecular weight is 452 g/mol. The molecule has 1 aliphatic rings. The summed E-state index contributed by atoms with van der Waals surface area (Å²) in [6.07, 6.45) is -1.24. The Morgan fingerprint density at radius 3 is 2.48 bits per heavy atom. The Kier molecular flexibility index (Phi) is 7.27. The molecule has 1 heterocycles. The number of benzene rings is 2. The van der Waals surface area contributed by atoms with Crippen molar-refractivity contribution in [3.05, 3.63) is 59.2 Å². The van der Waals surface area contributed by atoms with Gasteiger partial charge in [0.1, 0.15) is 0 Å². The highest BCUT2D eigenvalue weighted by Gasteiger charge is 2.25. The number of halogens is 2. The van der Waals surface area contributed by atoms with Gasteiger partial charge in [-0.15, -0.1) is 0 Å². The summed E-state index contributed by atoms with van der Waals surface area (Å²) in [6, 6.07) is 11.4. The Morgan fingerprint density at radius 2 is 1.81 bits per heavy atom. The molecule has 0 atom stereocenters.